The second kappa shape index (κ2) is 5.29. The van der Waals surface area contributed by atoms with Crippen LogP contribution in [0.3, 0.4) is 0 Å². The van der Waals surface area contributed by atoms with Crippen LogP contribution in [0.25, 0.3) is 10.1 Å². The summed E-state index contributed by atoms with van der Waals surface area (Å²) in [5.74, 6) is 0.0772. The average Bonchev–Trinajstić information content (AvgIpc) is 2.75. The molecule has 5 heteroatoms. The Labute approximate surface area is 137 Å². The number of amides is 1. The molecule has 1 amide bonds. The van der Waals surface area contributed by atoms with Gasteiger partial charge in [-0.25, -0.2) is 0 Å². The number of carbonyl (C=O) groups is 1. The van der Waals surface area contributed by atoms with Crippen LogP contribution in [0.15, 0.2) is 22.7 Å². The van der Waals surface area contributed by atoms with Crippen molar-refractivity contribution >= 4 is 48.9 Å². The Morgan fingerprint density at radius 1 is 1.43 bits per heavy atom. The molecular weight excluding hydrogens is 348 g/mol. The van der Waals surface area contributed by atoms with Gasteiger partial charge in [-0.05, 0) is 30.4 Å². The molecule has 1 saturated heterocycles. The summed E-state index contributed by atoms with van der Waals surface area (Å²) in [6, 6.07) is 5.95. The van der Waals surface area contributed by atoms with Crippen LogP contribution in [0.2, 0.25) is 0 Å². The van der Waals surface area contributed by atoms with Crippen molar-refractivity contribution in [3.8, 4) is 0 Å². The summed E-state index contributed by atoms with van der Waals surface area (Å²) in [5, 5.41) is 0.960. The summed E-state index contributed by atoms with van der Waals surface area (Å²) in [7, 11) is 0. The van der Waals surface area contributed by atoms with Crippen molar-refractivity contribution in [2.45, 2.75) is 26.7 Å². The predicted octanol–water partition coefficient (Wildman–Crippen LogP) is 4.51. The number of thiophene rings is 1. The first kappa shape index (κ1) is 14.9. The highest BCUT2D eigenvalue weighted by Gasteiger charge is 2.31. The number of nitrogen functional groups attached to an aromatic ring is 1. The van der Waals surface area contributed by atoms with Gasteiger partial charge >= 0.3 is 0 Å². The summed E-state index contributed by atoms with van der Waals surface area (Å²) in [4.78, 5) is 15.5. The van der Waals surface area contributed by atoms with E-state index in [4.69, 9.17) is 5.73 Å². The molecule has 0 unspecified atom stereocenters. The molecule has 3 rings (SSSR count). The number of nitrogens with zero attached hydrogens (tertiary/aromatic N) is 1. The van der Waals surface area contributed by atoms with Crippen molar-refractivity contribution in [2.75, 3.05) is 18.8 Å². The lowest BCUT2D eigenvalue weighted by Gasteiger charge is -2.37. The molecule has 1 aliphatic heterocycles. The Balaban J connectivity index is 1.99. The number of nitrogens with two attached hydrogens (primary N) is 1. The second-order valence-electron chi connectivity index (χ2n) is 6.45. The second-order valence-corrected chi connectivity index (χ2v) is 8.36. The molecular formula is C16H19BrN2OS. The quantitative estimate of drug-likeness (QED) is 0.806. The highest BCUT2D eigenvalue weighted by Crippen LogP contribution is 2.39. The number of benzene rings is 1. The fraction of sp³-hybridized carbons (Fsp3) is 0.438. The smallest absolute Gasteiger partial charge is 0.266 e. The average molecular weight is 367 g/mol. The molecule has 2 N–H and O–H groups in total. The first-order valence-corrected chi connectivity index (χ1v) is 8.76. The standard InChI is InChI=1S/C16H19BrN2OS/c1-16(2)7-4-8-19(9-16)15(20)14-13(18)12-10(17)5-3-6-11(12)21-14/h3,5-6H,4,7-9,18H2,1-2H3. The summed E-state index contributed by atoms with van der Waals surface area (Å²) < 4.78 is 2.01. The molecule has 2 aromatic rings. The molecule has 0 bridgehead atoms. The number of likely N-dealkylation sites (tertiary alicyclic amines) is 1. The van der Waals surface area contributed by atoms with Crippen molar-refractivity contribution in [3.63, 3.8) is 0 Å². The van der Waals surface area contributed by atoms with Crippen LogP contribution >= 0.6 is 27.3 Å². The molecule has 1 aromatic carbocycles. The Morgan fingerprint density at radius 2 is 2.19 bits per heavy atom. The van der Waals surface area contributed by atoms with Crippen molar-refractivity contribution in [1.82, 2.24) is 4.90 Å². The van der Waals surface area contributed by atoms with Crippen LogP contribution < -0.4 is 5.73 Å². The topological polar surface area (TPSA) is 46.3 Å². The lowest BCUT2D eigenvalue weighted by Crippen LogP contribution is -2.43. The van der Waals surface area contributed by atoms with E-state index in [2.05, 4.69) is 29.8 Å². The van der Waals surface area contributed by atoms with Gasteiger partial charge in [0.1, 0.15) is 4.88 Å². The Morgan fingerprint density at radius 3 is 2.86 bits per heavy atom. The van der Waals surface area contributed by atoms with Crippen LogP contribution in [0.1, 0.15) is 36.4 Å². The van der Waals surface area contributed by atoms with E-state index < -0.39 is 0 Å². The minimum atomic E-state index is 0.0772. The molecule has 0 radical (unpaired) electrons. The Bertz CT molecular complexity index is 708. The van der Waals surface area contributed by atoms with E-state index >= 15 is 0 Å². The minimum absolute atomic E-state index is 0.0772. The van der Waals surface area contributed by atoms with Gasteiger partial charge in [-0.1, -0.05) is 35.8 Å². The van der Waals surface area contributed by atoms with Crippen molar-refractivity contribution in [3.05, 3.63) is 27.5 Å². The van der Waals surface area contributed by atoms with Crippen molar-refractivity contribution < 1.29 is 4.79 Å². The predicted molar refractivity (Wildman–Crippen MR) is 92.9 cm³/mol. The molecule has 21 heavy (non-hydrogen) atoms. The van der Waals surface area contributed by atoms with Gasteiger partial charge in [0.05, 0.1) is 5.69 Å². The molecule has 1 fully saturated rings. The molecule has 112 valence electrons. The molecule has 1 aromatic heterocycles. The molecule has 0 spiro atoms. The number of anilines is 1. The maximum Gasteiger partial charge on any atom is 0.266 e. The summed E-state index contributed by atoms with van der Waals surface area (Å²) in [6.07, 6.45) is 2.23. The molecule has 0 saturated carbocycles. The number of hydrogen-bond acceptors (Lipinski definition) is 3. The third-order valence-corrected chi connectivity index (χ3v) is 5.90. The minimum Gasteiger partial charge on any atom is -0.397 e. The van der Waals surface area contributed by atoms with Crippen LogP contribution in [0, 0.1) is 5.41 Å². The maximum absolute atomic E-state index is 12.8. The highest BCUT2D eigenvalue weighted by atomic mass is 79.9. The maximum atomic E-state index is 12.8. The lowest BCUT2D eigenvalue weighted by molar-refractivity contribution is 0.0589. The van der Waals surface area contributed by atoms with Gasteiger partial charge in [0.2, 0.25) is 0 Å². The van der Waals surface area contributed by atoms with Gasteiger partial charge in [0.25, 0.3) is 5.91 Å². The van der Waals surface area contributed by atoms with E-state index in [1.165, 1.54) is 17.8 Å². The first-order valence-electron chi connectivity index (χ1n) is 7.15. The number of rotatable bonds is 1. The zero-order valence-electron chi connectivity index (χ0n) is 12.3. The number of halogens is 1. The molecule has 2 heterocycles. The largest absolute Gasteiger partial charge is 0.397 e. The summed E-state index contributed by atoms with van der Waals surface area (Å²) in [6.45, 7) is 6.08. The van der Waals surface area contributed by atoms with E-state index in [0.29, 0.717) is 10.6 Å². The van der Waals surface area contributed by atoms with Crippen molar-refractivity contribution in [2.24, 2.45) is 5.41 Å². The monoisotopic (exact) mass is 366 g/mol. The van der Waals surface area contributed by atoms with Crippen molar-refractivity contribution in [1.29, 1.82) is 0 Å². The zero-order valence-corrected chi connectivity index (χ0v) is 14.7. The zero-order chi connectivity index (χ0) is 15.2. The normalized spacial score (nSPS) is 18.1. The highest BCUT2D eigenvalue weighted by molar-refractivity contribution is 9.10. The van der Waals surface area contributed by atoms with E-state index in [9.17, 15) is 4.79 Å². The van der Waals surface area contributed by atoms with Crippen LogP contribution in [0.5, 0.6) is 0 Å². The molecule has 0 aliphatic carbocycles. The number of carbonyl (C=O) groups excluding carboxylic acids is 1. The number of fused-ring (bicyclic) bond motifs is 1. The summed E-state index contributed by atoms with van der Waals surface area (Å²) >= 11 is 5.02. The van der Waals surface area contributed by atoms with Crippen LogP contribution in [-0.2, 0) is 0 Å². The van der Waals surface area contributed by atoms with Gasteiger partial charge in [0, 0.05) is 27.6 Å². The number of hydrogen-bond donors (Lipinski definition) is 1. The lowest BCUT2D eigenvalue weighted by atomic mass is 9.84. The Kier molecular flexibility index (Phi) is 3.74. The van der Waals surface area contributed by atoms with E-state index in [1.54, 1.807) is 0 Å². The van der Waals surface area contributed by atoms with E-state index in [0.717, 1.165) is 34.1 Å². The fourth-order valence-corrected chi connectivity index (χ4v) is 4.86. The molecule has 3 nitrogen and oxygen atoms in total. The van der Waals surface area contributed by atoms with E-state index in [-0.39, 0.29) is 11.3 Å². The van der Waals surface area contributed by atoms with Gasteiger partial charge in [-0.2, -0.15) is 0 Å². The van der Waals surface area contributed by atoms with Gasteiger partial charge in [0.15, 0.2) is 0 Å². The summed E-state index contributed by atoms with van der Waals surface area (Å²) in [5.41, 5.74) is 7.05. The SMILES string of the molecule is CC1(C)CCCN(C(=O)c2sc3cccc(Br)c3c2N)C1. The van der Waals surface area contributed by atoms with Crippen LogP contribution in [0.4, 0.5) is 5.69 Å². The van der Waals surface area contributed by atoms with E-state index in [1.807, 2.05) is 23.1 Å². The van der Waals surface area contributed by atoms with Gasteiger partial charge in [-0.3, -0.25) is 4.79 Å². The van der Waals surface area contributed by atoms with Crippen LogP contribution in [-0.4, -0.2) is 23.9 Å². The first-order chi connectivity index (χ1) is 9.89. The third-order valence-electron chi connectivity index (χ3n) is 4.08. The molecule has 1 aliphatic rings. The molecule has 0 atom stereocenters. The fourth-order valence-electron chi connectivity index (χ4n) is 3.03. The van der Waals surface area contributed by atoms with Gasteiger partial charge < -0.3 is 10.6 Å². The Hall–Kier alpha value is -1.07. The van der Waals surface area contributed by atoms with Gasteiger partial charge in [-0.15, -0.1) is 11.3 Å². The third kappa shape index (κ3) is 2.69. The number of piperidine rings is 1.